The average Bonchev–Trinajstić information content (AvgIpc) is 2.41. The summed E-state index contributed by atoms with van der Waals surface area (Å²) in [5.74, 6) is -1.15. The second-order valence-corrected chi connectivity index (χ2v) is 4.05. The molecule has 0 atom stereocenters. The summed E-state index contributed by atoms with van der Waals surface area (Å²) in [7, 11) is 1.54. The normalized spacial score (nSPS) is 10.2. The summed E-state index contributed by atoms with van der Waals surface area (Å²) in [6.45, 7) is 0. The zero-order chi connectivity index (χ0) is 14.0. The minimum atomic E-state index is -0.459. The lowest BCUT2D eigenvalue weighted by Crippen LogP contribution is -2.26. The number of benzene rings is 2. The van der Waals surface area contributed by atoms with Crippen LogP contribution in [0.2, 0.25) is 0 Å². The largest absolute Gasteiger partial charge is 0.508 e. The molecule has 1 amide bonds. The van der Waals surface area contributed by atoms with Crippen molar-refractivity contribution >= 4 is 11.6 Å². The summed E-state index contributed by atoms with van der Waals surface area (Å²) < 4.78 is 0. The smallest absolute Gasteiger partial charge is 0.261 e. The van der Waals surface area contributed by atoms with Crippen LogP contribution in [-0.4, -0.2) is 28.3 Å². The molecule has 2 aromatic carbocycles. The maximum absolute atomic E-state index is 12.2. The Morgan fingerprint density at radius 1 is 1.00 bits per heavy atom. The molecular formula is C14H13NO4. The predicted octanol–water partition coefficient (Wildman–Crippen LogP) is 2.08. The van der Waals surface area contributed by atoms with E-state index in [-0.39, 0.29) is 17.1 Å². The van der Waals surface area contributed by atoms with E-state index in [1.165, 1.54) is 42.3 Å². The molecule has 5 nitrogen and oxygen atoms in total. The third-order valence-corrected chi connectivity index (χ3v) is 2.79. The van der Waals surface area contributed by atoms with Gasteiger partial charge in [0.1, 0.15) is 5.75 Å². The number of nitrogens with zero attached hydrogens (tertiary/aromatic N) is 1. The van der Waals surface area contributed by atoms with E-state index in [1.54, 1.807) is 12.1 Å². The first kappa shape index (κ1) is 12.8. The van der Waals surface area contributed by atoms with Crippen molar-refractivity contribution < 1.29 is 20.1 Å². The maximum Gasteiger partial charge on any atom is 0.261 e. The van der Waals surface area contributed by atoms with Crippen LogP contribution in [0.5, 0.6) is 17.2 Å². The van der Waals surface area contributed by atoms with Crippen LogP contribution in [0.1, 0.15) is 10.4 Å². The molecule has 5 heteroatoms. The van der Waals surface area contributed by atoms with E-state index >= 15 is 0 Å². The van der Waals surface area contributed by atoms with E-state index in [2.05, 4.69) is 0 Å². The Bertz CT molecular complexity index is 607. The molecular weight excluding hydrogens is 246 g/mol. The Morgan fingerprint density at radius 3 is 2.26 bits per heavy atom. The second-order valence-electron chi connectivity index (χ2n) is 4.05. The van der Waals surface area contributed by atoms with E-state index in [1.807, 2.05) is 0 Å². The van der Waals surface area contributed by atoms with Crippen LogP contribution in [0.15, 0.2) is 42.5 Å². The maximum atomic E-state index is 12.2. The Labute approximate surface area is 110 Å². The minimum Gasteiger partial charge on any atom is -0.508 e. The van der Waals surface area contributed by atoms with Gasteiger partial charge < -0.3 is 20.2 Å². The van der Waals surface area contributed by atoms with Crippen LogP contribution >= 0.6 is 0 Å². The molecule has 3 N–H and O–H groups in total. The number of carbonyl (C=O) groups excluding carboxylic acids is 1. The summed E-state index contributed by atoms with van der Waals surface area (Å²) in [5.41, 5.74) is 0.570. The van der Waals surface area contributed by atoms with E-state index in [0.29, 0.717) is 5.69 Å². The van der Waals surface area contributed by atoms with Crippen LogP contribution in [-0.2, 0) is 0 Å². The molecule has 0 radical (unpaired) electrons. The van der Waals surface area contributed by atoms with Crippen LogP contribution in [0.25, 0.3) is 0 Å². The van der Waals surface area contributed by atoms with Crippen molar-refractivity contribution in [2.45, 2.75) is 0 Å². The first-order valence-corrected chi connectivity index (χ1v) is 5.58. The van der Waals surface area contributed by atoms with Gasteiger partial charge in [-0.25, -0.2) is 0 Å². The topological polar surface area (TPSA) is 81.0 Å². The van der Waals surface area contributed by atoms with Crippen LogP contribution < -0.4 is 4.90 Å². The fraction of sp³-hybridized carbons (Fsp3) is 0.0714. The van der Waals surface area contributed by atoms with Gasteiger partial charge in [-0.15, -0.1) is 0 Å². The van der Waals surface area contributed by atoms with E-state index in [9.17, 15) is 20.1 Å². The monoisotopic (exact) mass is 259 g/mol. The molecule has 98 valence electrons. The van der Waals surface area contributed by atoms with Crippen molar-refractivity contribution in [3.05, 3.63) is 48.0 Å². The van der Waals surface area contributed by atoms with Crippen LogP contribution in [0.4, 0.5) is 5.69 Å². The van der Waals surface area contributed by atoms with Gasteiger partial charge in [-0.3, -0.25) is 4.79 Å². The van der Waals surface area contributed by atoms with Gasteiger partial charge >= 0.3 is 0 Å². The Hall–Kier alpha value is -2.69. The van der Waals surface area contributed by atoms with Gasteiger partial charge in [0.15, 0.2) is 11.5 Å². The number of aromatic hydroxyl groups is 3. The number of phenolic OH excluding ortho intramolecular Hbond substituents is 3. The highest BCUT2D eigenvalue weighted by molar-refractivity contribution is 6.07. The number of anilines is 1. The molecule has 0 unspecified atom stereocenters. The predicted molar refractivity (Wildman–Crippen MR) is 70.6 cm³/mol. The minimum absolute atomic E-state index is 0.00979. The van der Waals surface area contributed by atoms with E-state index in [0.717, 1.165) is 0 Å². The van der Waals surface area contributed by atoms with Crippen molar-refractivity contribution in [1.29, 1.82) is 0 Å². The van der Waals surface area contributed by atoms with Crippen LogP contribution in [0, 0.1) is 0 Å². The fourth-order valence-electron chi connectivity index (χ4n) is 1.68. The molecule has 0 saturated heterocycles. The van der Waals surface area contributed by atoms with Gasteiger partial charge in [-0.05, 0) is 36.4 Å². The number of hydrogen-bond donors (Lipinski definition) is 3. The fourth-order valence-corrected chi connectivity index (χ4v) is 1.68. The number of rotatable bonds is 2. The molecule has 0 fully saturated rings. The van der Waals surface area contributed by atoms with Crippen molar-refractivity contribution in [2.75, 3.05) is 11.9 Å². The molecule has 0 heterocycles. The van der Waals surface area contributed by atoms with Crippen molar-refractivity contribution in [3.63, 3.8) is 0 Å². The zero-order valence-corrected chi connectivity index (χ0v) is 10.2. The molecule has 2 aromatic rings. The SMILES string of the molecule is CN(C(=O)c1cccc(O)c1O)c1ccc(O)cc1. The molecule has 0 aliphatic heterocycles. The molecule has 0 spiro atoms. The zero-order valence-electron chi connectivity index (χ0n) is 10.2. The van der Waals surface area contributed by atoms with Crippen molar-refractivity contribution in [3.8, 4) is 17.2 Å². The molecule has 0 aromatic heterocycles. The molecule has 19 heavy (non-hydrogen) atoms. The summed E-state index contributed by atoms with van der Waals surface area (Å²) in [6, 6.07) is 10.3. The van der Waals surface area contributed by atoms with Crippen LogP contribution in [0.3, 0.4) is 0 Å². The lowest BCUT2D eigenvalue weighted by molar-refractivity contribution is 0.0989. The van der Waals surface area contributed by atoms with E-state index < -0.39 is 11.7 Å². The Balaban J connectivity index is 2.33. The Kier molecular flexibility index (Phi) is 3.29. The molecule has 0 aliphatic rings. The highest BCUT2D eigenvalue weighted by Crippen LogP contribution is 2.30. The van der Waals surface area contributed by atoms with E-state index in [4.69, 9.17) is 0 Å². The summed E-state index contributed by atoms with van der Waals surface area (Å²) in [6.07, 6.45) is 0. The van der Waals surface area contributed by atoms with Crippen molar-refractivity contribution in [1.82, 2.24) is 0 Å². The third kappa shape index (κ3) is 2.44. The van der Waals surface area contributed by atoms with Gasteiger partial charge in [0, 0.05) is 12.7 Å². The summed E-state index contributed by atoms with van der Waals surface area (Å²) in [5, 5.41) is 28.3. The highest BCUT2D eigenvalue weighted by atomic mass is 16.3. The van der Waals surface area contributed by atoms with Gasteiger partial charge in [0.25, 0.3) is 5.91 Å². The summed E-state index contributed by atoms with van der Waals surface area (Å²) >= 11 is 0. The average molecular weight is 259 g/mol. The number of hydrogen-bond acceptors (Lipinski definition) is 4. The Morgan fingerprint density at radius 2 is 1.63 bits per heavy atom. The number of phenols is 3. The standard InChI is InChI=1S/C14H13NO4/c1-15(9-5-7-10(16)8-6-9)14(19)11-3-2-4-12(17)13(11)18/h2-8,16-18H,1H3. The van der Waals surface area contributed by atoms with Crippen molar-refractivity contribution in [2.24, 2.45) is 0 Å². The molecule has 0 aliphatic carbocycles. The number of amides is 1. The lowest BCUT2D eigenvalue weighted by Gasteiger charge is -2.18. The third-order valence-electron chi connectivity index (χ3n) is 2.79. The second kappa shape index (κ2) is 4.89. The first-order chi connectivity index (χ1) is 9.00. The highest BCUT2D eigenvalue weighted by Gasteiger charge is 2.18. The van der Waals surface area contributed by atoms with Gasteiger partial charge in [0.05, 0.1) is 5.56 Å². The lowest BCUT2D eigenvalue weighted by atomic mass is 10.1. The quantitative estimate of drug-likeness (QED) is 0.721. The van der Waals surface area contributed by atoms with Gasteiger partial charge in [0.2, 0.25) is 0 Å². The van der Waals surface area contributed by atoms with Gasteiger partial charge in [-0.1, -0.05) is 6.07 Å². The number of carbonyl (C=O) groups is 1. The molecule has 0 saturated carbocycles. The summed E-state index contributed by atoms with van der Waals surface area (Å²) in [4.78, 5) is 13.5. The van der Waals surface area contributed by atoms with Gasteiger partial charge in [-0.2, -0.15) is 0 Å². The first-order valence-electron chi connectivity index (χ1n) is 5.58. The molecule has 0 bridgehead atoms. The molecule has 2 rings (SSSR count). The number of para-hydroxylation sites is 1.